The van der Waals surface area contributed by atoms with E-state index in [0.717, 1.165) is 11.8 Å². The van der Waals surface area contributed by atoms with Gasteiger partial charge in [-0.3, -0.25) is 0 Å². The second kappa shape index (κ2) is 5.53. The lowest BCUT2D eigenvalue weighted by atomic mass is 9.88. The van der Waals surface area contributed by atoms with Gasteiger partial charge in [0, 0.05) is 0 Å². The highest BCUT2D eigenvalue weighted by molar-refractivity contribution is 5.22. The summed E-state index contributed by atoms with van der Waals surface area (Å²) in [6, 6.07) is 0. The van der Waals surface area contributed by atoms with Gasteiger partial charge >= 0.3 is 0 Å². The summed E-state index contributed by atoms with van der Waals surface area (Å²) in [5, 5.41) is 0. The minimum atomic E-state index is 0.928. The zero-order valence-corrected chi connectivity index (χ0v) is 10.0. The van der Waals surface area contributed by atoms with E-state index in [1.54, 1.807) is 5.57 Å². The van der Waals surface area contributed by atoms with Gasteiger partial charge in [-0.15, -0.1) is 0 Å². The van der Waals surface area contributed by atoms with Gasteiger partial charge in [-0.25, -0.2) is 0 Å². The van der Waals surface area contributed by atoms with Crippen LogP contribution in [0.5, 0.6) is 0 Å². The summed E-state index contributed by atoms with van der Waals surface area (Å²) in [7, 11) is 0. The number of hydrogen-bond donors (Lipinski definition) is 0. The molecule has 0 aliphatic heterocycles. The molecule has 0 aromatic rings. The van der Waals surface area contributed by atoms with Gasteiger partial charge in [0.05, 0.1) is 0 Å². The van der Waals surface area contributed by atoms with Crippen molar-refractivity contribution >= 4 is 0 Å². The Morgan fingerprint density at radius 2 is 2.20 bits per heavy atom. The number of rotatable bonds is 3. The van der Waals surface area contributed by atoms with Crippen molar-refractivity contribution in [1.82, 2.24) is 0 Å². The van der Waals surface area contributed by atoms with E-state index in [1.165, 1.54) is 51.4 Å². The minimum Gasteiger partial charge on any atom is -0.0845 e. The highest BCUT2D eigenvalue weighted by Crippen LogP contribution is 2.42. The Kier molecular flexibility index (Phi) is 4.05. The number of fused-ring (bicyclic) bond motifs is 1. The van der Waals surface area contributed by atoms with Crippen LogP contribution >= 0.6 is 0 Å². The molecule has 0 amide bonds. The smallest absolute Gasteiger partial charge is 0.0197 e. The summed E-state index contributed by atoms with van der Waals surface area (Å²) in [5.74, 6) is 1.87. The zero-order valence-electron chi connectivity index (χ0n) is 10.0. The molecule has 84 valence electrons. The first kappa shape index (κ1) is 11.0. The van der Waals surface area contributed by atoms with Crippen LogP contribution in [0.15, 0.2) is 23.8 Å². The van der Waals surface area contributed by atoms with Gasteiger partial charge in [0.1, 0.15) is 0 Å². The third-order valence-corrected chi connectivity index (χ3v) is 4.06. The number of unbranched alkanes of at least 4 members (excludes halogenated alkanes) is 1. The molecule has 2 unspecified atom stereocenters. The topological polar surface area (TPSA) is 0 Å². The maximum Gasteiger partial charge on any atom is -0.0197 e. The largest absolute Gasteiger partial charge is 0.0845 e. The summed E-state index contributed by atoms with van der Waals surface area (Å²) < 4.78 is 0. The van der Waals surface area contributed by atoms with E-state index in [0.29, 0.717) is 0 Å². The summed E-state index contributed by atoms with van der Waals surface area (Å²) in [6.45, 7) is 2.30. The summed E-state index contributed by atoms with van der Waals surface area (Å²) in [6.07, 6.45) is 18.4. The highest BCUT2D eigenvalue weighted by atomic mass is 14.3. The van der Waals surface area contributed by atoms with Crippen molar-refractivity contribution in [2.24, 2.45) is 11.8 Å². The van der Waals surface area contributed by atoms with Gasteiger partial charge in [0.2, 0.25) is 0 Å². The fourth-order valence-electron chi connectivity index (χ4n) is 3.17. The monoisotopic (exact) mass is 204 g/mol. The summed E-state index contributed by atoms with van der Waals surface area (Å²) >= 11 is 0. The van der Waals surface area contributed by atoms with Crippen LogP contribution < -0.4 is 0 Å². The molecule has 2 atom stereocenters. The number of allylic oxidation sites excluding steroid dienone is 4. The standard InChI is InChI=1S/C15H24/c1-2-3-8-13-11-12-14-9-6-4-5-7-10-15(13)14/h5,7,10,13-14H,2-4,6,8-9,11-12H2,1H3/b7-5-,15-10?. The van der Waals surface area contributed by atoms with Crippen LogP contribution in [0.1, 0.15) is 58.3 Å². The zero-order chi connectivity index (χ0) is 10.5. The van der Waals surface area contributed by atoms with Gasteiger partial charge in [-0.05, 0) is 50.4 Å². The molecule has 0 heterocycles. The molecule has 0 spiro atoms. The van der Waals surface area contributed by atoms with E-state index in [9.17, 15) is 0 Å². The fourth-order valence-corrected chi connectivity index (χ4v) is 3.17. The molecule has 0 nitrogen and oxygen atoms in total. The van der Waals surface area contributed by atoms with Gasteiger partial charge in [-0.1, -0.05) is 43.6 Å². The molecule has 2 aliphatic rings. The molecule has 0 aromatic carbocycles. The molecule has 1 fully saturated rings. The molecular formula is C15H24. The molecule has 2 rings (SSSR count). The lowest BCUT2D eigenvalue weighted by Crippen LogP contribution is -2.04. The normalized spacial score (nSPS) is 32.7. The number of hydrogen-bond acceptors (Lipinski definition) is 0. The Bertz CT molecular complexity index is 247. The first-order chi connectivity index (χ1) is 7.42. The molecule has 0 N–H and O–H groups in total. The van der Waals surface area contributed by atoms with Gasteiger partial charge in [-0.2, -0.15) is 0 Å². The van der Waals surface area contributed by atoms with Crippen LogP contribution in [0, 0.1) is 11.8 Å². The average Bonchev–Trinajstić information content (AvgIpc) is 2.57. The van der Waals surface area contributed by atoms with Crippen molar-refractivity contribution in [1.29, 1.82) is 0 Å². The molecule has 0 bridgehead atoms. The van der Waals surface area contributed by atoms with E-state index >= 15 is 0 Å². The SMILES string of the molecule is CCCCC1CCC2CCC/C=C\C=C12. The average molecular weight is 204 g/mol. The summed E-state index contributed by atoms with van der Waals surface area (Å²) in [4.78, 5) is 0. The quantitative estimate of drug-likeness (QED) is 0.615. The van der Waals surface area contributed by atoms with E-state index in [4.69, 9.17) is 0 Å². The van der Waals surface area contributed by atoms with E-state index in [-0.39, 0.29) is 0 Å². The first-order valence-corrected chi connectivity index (χ1v) is 6.78. The predicted octanol–water partition coefficient (Wildman–Crippen LogP) is 4.87. The molecule has 0 aromatic heterocycles. The Morgan fingerprint density at radius 3 is 3.07 bits per heavy atom. The third-order valence-electron chi connectivity index (χ3n) is 4.06. The molecule has 2 aliphatic carbocycles. The Hall–Kier alpha value is -0.520. The van der Waals surface area contributed by atoms with Crippen molar-refractivity contribution in [2.75, 3.05) is 0 Å². The second-order valence-corrected chi connectivity index (χ2v) is 5.14. The van der Waals surface area contributed by atoms with Crippen molar-refractivity contribution in [3.63, 3.8) is 0 Å². The summed E-state index contributed by atoms with van der Waals surface area (Å²) in [5.41, 5.74) is 1.79. The molecular weight excluding hydrogens is 180 g/mol. The lowest BCUT2D eigenvalue weighted by molar-refractivity contribution is 0.538. The predicted molar refractivity (Wildman–Crippen MR) is 66.8 cm³/mol. The highest BCUT2D eigenvalue weighted by Gasteiger charge is 2.28. The third kappa shape index (κ3) is 2.74. The van der Waals surface area contributed by atoms with Crippen LogP contribution in [0.3, 0.4) is 0 Å². The van der Waals surface area contributed by atoms with Crippen molar-refractivity contribution in [2.45, 2.75) is 58.3 Å². The van der Waals surface area contributed by atoms with Crippen LogP contribution in [-0.2, 0) is 0 Å². The Morgan fingerprint density at radius 1 is 1.27 bits per heavy atom. The molecule has 0 saturated heterocycles. The van der Waals surface area contributed by atoms with Crippen molar-refractivity contribution in [3.05, 3.63) is 23.8 Å². The lowest BCUT2D eigenvalue weighted by Gasteiger charge is -2.17. The van der Waals surface area contributed by atoms with Crippen LogP contribution in [0.2, 0.25) is 0 Å². The Labute approximate surface area is 94.5 Å². The van der Waals surface area contributed by atoms with Crippen molar-refractivity contribution in [3.8, 4) is 0 Å². The Balaban J connectivity index is 2.02. The van der Waals surface area contributed by atoms with Gasteiger partial charge in [0.15, 0.2) is 0 Å². The molecule has 0 radical (unpaired) electrons. The maximum atomic E-state index is 2.44. The van der Waals surface area contributed by atoms with E-state index in [1.807, 2.05) is 0 Å². The van der Waals surface area contributed by atoms with Crippen LogP contribution in [0.25, 0.3) is 0 Å². The second-order valence-electron chi connectivity index (χ2n) is 5.14. The maximum absolute atomic E-state index is 2.44. The molecule has 15 heavy (non-hydrogen) atoms. The van der Waals surface area contributed by atoms with Crippen LogP contribution in [0.4, 0.5) is 0 Å². The fraction of sp³-hybridized carbons (Fsp3) is 0.733. The van der Waals surface area contributed by atoms with Gasteiger partial charge < -0.3 is 0 Å². The van der Waals surface area contributed by atoms with E-state index in [2.05, 4.69) is 25.2 Å². The van der Waals surface area contributed by atoms with Gasteiger partial charge in [0.25, 0.3) is 0 Å². The first-order valence-electron chi connectivity index (χ1n) is 6.78. The molecule has 1 saturated carbocycles. The van der Waals surface area contributed by atoms with Crippen LogP contribution in [-0.4, -0.2) is 0 Å². The minimum absolute atomic E-state index is 0.928. The molecule has 0 heteroatoms. The van der Waals surface area contributed by atoms with Crippen molar-refractivity contribution < 1.29 is 0 Å². The van der Waals surface area contributed by atoms with E-state index < -0.39 is 0 Å².